The number of methoxy groups -OCH3 is 3. The molecule has 0 unspecified atom stereocenters. The van der Waals surface area contributed by atoms with Crippen LogP contribution in [0.5, 0.6) is 5.75 Å². The van der Waals surface area contributed by atoms with Gasteiger partial charge in [-0.2, -0.15) is 0 Å². The molecule has 2 aromatic carbocycles. The van der Waals surface area contributed by atoms with Crippen molar-refractivity contribution in [1.29, 1.82) is 0 Å². The van der Waals surface area contributed by atoms with E-state index in [1.165, 1.54) is 14.2 Å². The maximum absolute atomic E-state index is 12.8. The summed E-state index contributed by atoms with van der Waals surface area (Å²) in [6, 6.07) is 14.5. The lowest BCUT2D eigenvalue weighted by Crippen LogP contribution is -2.48. The zero-order valence-corrected chi connectivity index (χ0v) is 18.9. The first-order valence-corrected chi connectivity index (χ1v) is 10.4. The summed E-state index contributed by atoms with van der Waals surface area (Å²) in [5.74, 6) is -0.623. The van der Waals surface area contributed by atoms with Crippen molar-refractivity contribution < 1.29 is 28.6 Å². The molecule has 0 spiro atoms. The molecule has 1 saturated heterocycles. The van der Waals surface area contributed by atoms with E-state index in [1.54, 1.807) is 43.5 Å². The molecule has 1 aliphatic heterocycles. The van der Waals surface area contributed by atoms with Gasteiger partial charge in [0.25, 0.3) is 5.91 Å². The number of nitrogens with zero attached hydrogens (tertiary/aromatic N) is 2. The molecule has 2 aromatic rings. The minimum absolute atomic E-state index is 0.00424. The van der Waals surface area contributed by atoms with Crippen molar-refractivity contribution in [1.82, 2.24) is 4.90 Å². The number of amides is 1. The van der Waals surface area contributed by atoms with Crippen LogP contribution in [-0.2, 0) is 19.1 Å². The third-order valence-corrected chi connectivity index (χ3v) is 5.28. The summed E-state index contributed by atoms with van der Waals surface area (Å²) < 4.78 is 14.4. The number of anilines is 2. The van der Waals surface area contributed by atoms with Gasteiger partial charge >= 0.3 is 11.9 Å². The molecular formula is C24H27N3O6. The minimum atomic E-state index is -0.679. The zero-order valence-electron chi connectivity index (χ0n) is 18.9. The number of piperazine rings is 1. The van der Waals surface area contributed by atoms with Crippen LogP contribution in [0.2, 0.25) is 0 Å². The topological polar surface area (TPSA) is 97.4 Å². The molecular weight excluding hydrogens is 426 g/mol. The van der Waals surface area contributed by atoms with Gasteiger partial charge in [0, 0.05) is 43.1 Å². The zero-order chi connectivity index (χ0) is 23.8. The molecule has 33 heavy (non-hydrogen) atoms. The van der Waals surface area contributed by atoms with Crippen molar-refractivity contribution in [2.45, 2.75) is 0 Å². The predicted molar refractivity (Wildman–Crippen MR) is 123 cm³/mol. The highest BCUT2D eigenvalue weighted by atomic mass is 16.5. The van der Waals surface area contributed by atoms with E-state index in [9.17, 15) is 14.4 Å². The second-order valence-electron chi connectivity index (χ2n) is 7.25. The summed E-state index contributed by atoms with van der Waals surface area (Å²) in [5.41, 5.74) is 2.23. The second kappa shape index (κ2) is 11.0. The van der Waals surface area contributed by atoms with Crippen LogP contribution in [0.15, 0.2) is 60.3 Å². The molecule has 0 radical (unpaired) electrons. The van der Waals surface area contributed by atoms with Crippen LogP contribution in [0.1, 0.15) is 10.4 Å². The van der Waals surface area contributed by atoms with Gasteiger partial charge in [0.1, 0.15) is 11.4 Å². The summed E-state index contributed by atoms with van der Waals surface area (Å²) >= 11 is 0. The van der Waals surface area contributed by atoms with Crippen LogP contribution in [0.3, 0.4) is 0 Å². The van der Waals surface area contributed by atoms with Crippen LogP contribution in [0, 0.1) is 0 Å². The van der Waals surface area contributed by atoms with E-state index in [-0.39, 0.29) is 11.6 Å². The molecule has 3 rings (SSSR count). The van der Waals surface area contributed by atoms with Crippen LogP contribution < -0.4 is 15.0 Å². The van der Waals surface area contributed by atoms with E-state index in [2.05, 4.69) is 15.0 Å². The highest BCUT2D eigenvalue weighted by Crippen LogP contribution is 2.22. The average Bonchev–Trinajstić information content (AvgIpc) is 2.87. The number of nitrogens with one attached hydrogen (secondary N) is 1. The maximum atomic E-state index is 12.8. The number of carbonyl (C=O) groups is 3. The molecule has 0 bridgehead atoms. The summed E-state index contributed by atoms with van der Waals surface area (Å²) in [5, 5.41) is 2.88. The summed E-state index contributed by atoms with van der Waals surface area (Å²) in [6.07, 6.45) is 1.04. The molecule has 0 aliphatic carbocycles. The average molecular weight is 453 g/mol. The smallest absolute Gasteiger partial charge is 0.354 e. The summed E-state index contributed by atoms with van der Waals surface area (Å²) in [7, 11) is 4.06. The van der Waals surface area contributed by atoms with Crippen molar-refractivity contribution in [2.24, 2.45) is 0 Å². The molecule has 1 fully saturated rings. The lowest BCUT2D eigenvalue weighted by atomic mass is 10.1. The number of rotatable bonds is 7. The van der Waals surface area contributed by atoms with Gasteiger partial charge in [0.2, 0.25) is 0 Å². The molecule has 1 amide bonds. The molecule has 174 valence electrons. The van der Waals surface area contributed by atoms with Crippen LogP contribution >= 0.6 is 0 Å². The van der Waals surface area contributed by atoms with Gasteiger partial charge in [0.15, 0.2) is 0 Å². The normalized spacial score (nSPS) is 13.8. The van der Waals surface area contributed by atoms with Crippen molar-refractivity contribution in [2.75, 3.05) is 57.7 Å². The fraction of sp³-hybridized carbons (Fsp3) is 0.292. The molecule has 1 N–H and O–H groups in total. The van der Waals surface area contributed by atoms with Gasteiger partial charge in [-0.1, -0.05) is 0 Å². The Balaban J connectivity index is 1.59. The van der Waals surface area contributed by atoms with Gasteiger partial charge in [0.05, 0.1) is 27.4 Å². The van der Waals surface area contributed by atoms with Gasteiger partial charge in [-0.25, -0.2) is 9.59 Å². The van der Waals surface area contributed by atoms with Crippen LogP contribution in [0.25, 0.3) is 0 Å². The van der Waals surface area contributed by atoms with Crippen molar-refractivity contribution in [3.05, 3.63) is 65.9 Å². The number of hydrogen-bond acceptors (Lipinski definition) is 8. The lowest BCUT2D eigenvalue weighted by Gasteiger charge is -2.36. The largest absolute Gasteiger partial charge is 0.497 e. The Labute approximate surface area is 192 Å². The highest BCUT2D eigenvalue weighted by Gasteiger charge is 2.22. The number of hydrogen-bond donors (Lipinski definition) is 1. The Morgan fingerprint density at radius 2 is 1.48 bits per heavy atom. The van der Waals surface area contributed by atoms with Crippen LogP contribution in [0.4, 0.5) is 11.4 Å². The molecule has 0 aromatic heterocycles. The van der Waals surface area contributed by atoms with E-state index < -0.39 is 11.9 Å². The molecule has 1 heterocycles. The summed E-state index contributed by atoms with van der Waals surface area (Å²) in [4.78, 5) is 40.2. The highest BCUT2D eigenvalue weighted by molar-refractivity contribution is 5.98. The number of benzene rings is 2. The van der Waals surface area contributed by atoms with Gasteiger partial charge < -0.3 is 29.3 Å². The quantitative estimate of drug-likeness (QED) is 0.504. The number of ether oxygens (including phenoxy) is 3. The standard InChI is InChI=1S/C24H27N3O6/c1-31-20-10-4-17(5-11-20)23(29)27-14-12-26(13-15-27)19-8-6-18(7-9-19)25-21(24(30)33-3)16-22(28)32-2/h4-11,16,25H,12-15H2,1-3H3/b21-16+. The monoisotopic (exact) mass is 453 g/mol. The van der Waals surface area contributed by atoms with E-state index in [0.29, 0.717) is 43.2 Å². The molecule has 0 saturated carbocycles. The molecule has 1 aliphatic rings. The number of esters is 2. The lowest BCUT2D eigenvalue weighted by molar-refractivity contribution is -0.138. The van der Waals surface area contributed by atoms with Gasteiger partial charge in [-0.05, 0) is 48.5 Å². The van der Waals surface area contributed by atoms with E-state index in [4.69, 9.17) is 9.47 Å². The first kappa shape index (κ1) is 23.6. The number of carbonyl (C=O) groups excluding carboxylic acids is 3. The minimum Gasteiger partial charge on any atom is -0.497 e. The SMILES string of the molecule is COC(=O)/C=C(/Nc1ccc(N2CCN(C(=O)c3ccc(OC)cc3)CC2)cc1)C(=O)OC. The Morgan fingerprint density at radius 3 is 2.03 bits per heavy atom. The van der Waals surface area contributed by atoms with Crippen molar-refractivity contribution >= 4 is 29.2 Å². The Bertz CT molecular complexity index is 1010. The third kappa shape index (κ3) is 6.03. The van der Waals surface area contributed by atoms with Gasteiger partial charge in [-0.15, -0.1) is 0 Å². The first-order chi connectivity index (χ1) is 15.9. The predicted octanol–water partition coefficient (Wildman–Crippen LogP) is 2.30. The maximum Gasteiger partial charge on any atom is 0.354 e. The van der Waals surface area contributed by atoms with Crippen LogP contribution in [-0.4, -0.2) is 70.3 Å². The third-order valence-electron chi connectivity index (χ3n) is 5.28. The first-order valence-electron chi connectivity index (χ1n) is 10.4. The van der Waals surface area contributed by atoms with Gasteiger partial charge in [-0.3, -0.25) is 4.79 Å². The van der Waals surface area contributed by atoms with E-state index in [0.717, 1.165) is 11.8 Å². The fourth-order valence-corrected chi connectivity index (χ4v) is 3.43. The summed E-state index contributed by atoms with van der Waals surface area (Å²) in [6.45, 7) is 2.62. The Morgan fingerprint density at radius 1 is 0.848 bits per heavy atom. The second-order valence-corrected chi connectivity index (χ2v) is 7.25. The Kier molecular flexibility index (Phi) is 7.91. The van der Waals surface area contributed by atoms with Crippen molar-refractivity contribution in [3.8, 4) is 5.75 Å². The molecule has 9 heteroatoms. The Hall–Kier alpha value is -4.01. The molecule has 9 nitrogen and oxygen atoms in total. The van der Waals surface area contributed by atoms with E-state index >= 15 is 0 Å². The van der Waals surface area contributed by atoms with Crippen molar-refractivity contribution in [3.63, 3.8) is 0 Å². The fourth-order valence-electron chi connectivity index (χ4n) is 3.43. The van der Waals surface area contributed by atoms with E-state index in [1.807, 2.05) is 17.0 Å². The molecule has 0 atom stereocenters.